The van der Waals surface area contributed by atoms with Crippen LogP contribution in [0.25, 0.3) is 0 Å². The molecular weight excluding hydrogens is 252 g/mol. The van der Waals surface area contributed by atoms with Crippen molar-refractivity contribution in [1.82, 2.24) is 5.32 Å². The van der Waals surface area contributed by atoms with E-state index in [1.54, 1.807) is 12.1 Å². The zero-order chi connectivity index (χ0) is 15.0. The number of aliphatic hydroxyl groups excluding tert-OH is 1. The summed E-state index contributed by atoms with van der Waals surface area (Å²) in [4.78, 5) is 11.9. The van der Waals surface area contributed by atoms with Crippen LogP contribution in [0.5, 0.6) is 0 Å². The Morgan fingerprint density at radius 3 is 2.50 bits per heavy atom. The molecule has 0 aliphatic rings. The molecule has 0 aliphatic carbocycles. The van der Waals surface area contributed by atoms with Gasteiger partial charge in [0, 0.05) is 19.1 Å². The summed E-state index contributed by atoms with van der Waals surface area (Å²) in [6, 6.07) is 9.36. The van der Waals surface area contributed by atoms with Crippen LogP contribution in [0.4, 0.5) is 0 Å². The molecule has 0 fully saturated rings. The maximum atomic E-state index is 11.9. The maximum Gasteiger partial charge on any atom is 0.220 e. The van der Waals surface area contributed by atoms with Gasteiger partial charge in [-0.25, -0.2) is 0 Å². The van der Waals surface area contributed by atoms with Crippen molar-refractivity contribution >= 4 is 5.91 Å². The maximum absolute atomic E-state index is 11.9. The molecule has 0 aliphatic heterocycles. The van der Waals surface area contributed by atoms with Crippen LogP contribution >= 0.6 is 0 Å². The monoisotopic (exact) mass is 274 g/mol. The minimum atomic E-state index is 0.00140. The normalized spacial score (nSPS) is 11.9. The predicted molar refractivity (Wildman–Crippen MR) is 77.9 cm³/mol. The molecule has 4 nitrogen and oxygen atoms in total. The average Bonchev–Trinajstić information content (AvgIpc) is 2.45. The van der Waals surface area contributed by atoms with Gasteiger partial charge in [0.15, 0.2) is 0 Å². The molecule has 1 aromatic rings. The van der Waals surface area contributed by atoms with E-state index in [-0.39, 0.29) is 18.6 Å². The third kappa shape index (κ3) is 5.41. The van der Waals surface area contributed by atoms with Crippen molar-refractivity contribution in [1.29, 1.82) is 5.26 Å². The van der Waals surface area contributed by atoms with Gasteiger partial charge in [0.05, 0.1) is 11.6 Å². The summed E-state index contributed by atoms with van der Waals surface area (Å²) < 4.78 is 0. The summed E-state index contributed by atoms with van der Waals surface area (Å²) in [7, 11) is 0. The van der Waals surface area contributed by atoms with E-state index in [4.69, 9.17) is 10.4 Å². The SMILES string of the molecule is CC(C)C(CCO)NC(=O)CCc1ccc(C#N)cc1. The molecule has 0 radical (unpaired) electrons. The Hall–Kier alpha value is -1.86. The van der Waals surface area contributed by atoms with Crippen LogP contribution in [0.2, 0.25) is 0 Å². The Morgan fingerprint density at radius 1 is 1.35 bits per heavy atom. The Bertz CT molecular complexity index is 460. The summed E-state index contributed by atoms with van der Waals surface area (Å²) in [6.07, 6.45) is 1.66. The highest BCUT2D eigenvalue weighted by Gasteiger charge is 2.15. The van der Waals surface area contributed by atoms with Gasteiger partial charge < -0.3 is 10.4 Å². The molecule has 1 amide bonds. The number of amides is 1. The number of rotatable bonds is 7. The number of benzene rings is 1. The van der Waals surface area contributed by atoms with Crippen molar-refractivity contribution < 1.29 is 9.90 Å². The highest BCUT2D eigenvalue weighted by atomic mass is 16.3. The minimum Gasteiger partial charge on any atom is -0.396 e. The number of carbonyl (C=O) groups excluding carboxylic acids is 1. The Kier molecular flexibility index (Phi) is 6.75. The number of nitrogens with zero attached hydrogens (tertiary/aromatic N) is 1. The lowest BCUT2D eigenvalue weighted by atomic mass is 10.0. The van der Waals surface area contributed by atoms with Crippen molar-refractivity contribution in [2.75, 3.05) is 6.61 Å². The quantitative estimate of drug-likeness (QED) is 0.799. The standard InChI is InChI=1S/C16H22N2O2/c1-12(2)15(9-10-19)18-16(20)8-7-13-3-5-14(11-17)6-4-13/h3-6,12,15,19H,7-10H2,1-2H3,(H,18,20). The van der Waals surface area contributed by atoms with E-state index in [9.17, 15) is 4.79 Å². The van der Waals surface area contributed by atoms with Gasteiger partial charge in [-0.15, -0.1) is 0 Å². The molecule has 1 aromatic carbocycles. The molecule has 2 N–H and O–H groups in total. The summed E-state index contributed by atoms with van der Waals surface area (Å²) in [5.41, 5.74) is 1.67. The molecule has 0 saturated carbocycles. The first kappa shape index (κ1) is 16.2. The minimum absolute atomic E-state index is 0.00140. The van der Waals surface area contributed by atoms with Crippen molar-refractivity contribution in [3.63, 3.8) is 0 Å². The lowest BCUT2D eigenvalue weighted by molar-refractivity contribution is -0.122. The number of hydrogen-bond donors (Lipinski definition) is 2. The first-order valence-electron chi connectivity index (χ1n) is 6.96. The third-order valence-corrected chi connectivity index (χ3v) is 3.31. The summed E-state index contributed by atoms with van der Waals surface area (Å²) in [5.74, 6) is 0.308. The molecule has 4 heteroatoms. The van der Waals surface area contributed by atoms with Crippen LogP contribution in [-0.2, 0) is 11.2 Å². The third-order valence-electron chi connectivity index (χ3n) is 3.31. The molecule has 0 bridgehead atoms. The Labute approximate surface area is 120 Å². The molecule has 1 unspecified atom stereocenters. The number of hydrogen-bond acceptors (Lipinski definition) is 3. The smallest absolute Gasteiger partial charge is 0.220 e. The summed E-state index contributed by atoms with van der Waals surface area (Å²) in [5, 5.41) is 20.7. The van der Waals surface area contributed by atoms with Crippen molar-refractivity contribution in [2.24, 2.45) is 5.92 Å². The van der Waals surface area contributed by atoms with Gasteiger partial charge >= 0.3 is 0 Å². The molecule has 0 aromatic heterocycles. The van der Waals surface area contributed by atoms with Crippen molar-refractivity contribution in [3.05, 3.63) is 35.4 Å². The van der Waals surface area contributed by atoms with E-state index in [0.717, 1.165) is 5.56 Å². The fraction of sp³-hybridized carbons (Fsp3) is 0.500. The molecule has 20 heavy (non-hydrogen) atoms. The summed E-state index contributed by atoms with van der Waals surface area (Å²) in [6.45, 7) is 4.14. The molecule has 1 rings (SSSR count). The highest BCUT2D eigenvalue weighted by Crippen LogP contribution is 2.08. The second kappa shape index (κ2) is 8.34. The molecule has 0 heterocycles. The zero-order valence-corrected chi connectivity index (χ0v) is 12.1. The molecule has 1 atom stereocenters. The number of nitriles is 1. The number of carbonyl (C=O) groups is 1. The lowest BCUT2D eigenvalue weighted by Crippen LogP contribution is -2.39. The molecule has 0 saturated heterocycles. The lowest BCUT2D eigenvalue weighted by Gasteiger charge is -2.21. The van der Waals surface area contributed by atoms with E-state index in [0.29, 0.717) is 30.7 Å². The van der Waals surface area contributed by atoms with Crippen molar-refractivity contribution in [3.8, 4) is 6.07 Å². The summed E-state index contributed by atoms with van der Waals surface area (Å²) >= 11 is 0. The Morgan fingerprint density at radius 2 is 2.00 bits per heavy atom. The Balaban J connectivity index is 2.44. The van der Waals surface area contributed by atoms with Crippen LogP contribution in [0, 0.1) is 17.2 Å². The molecule has 108 valence electrons. The van der Waals surface area contributed by atoms with E-state index < -0.39 is 0 Å². The van der Waals surface area contributed by atoms with Crippen molar-refractivity contribution in [2.45, 2.75) is 39.2 Å². The zero-order valence-electron chi connectivity index (χ0n) is 12.1. The van der Waals surface area contributed by atoms with E-state index >= 15 is 0 Å². The van der Waals surface area contributed by atoms with Crippen LogP contribution in [-0.4, -0.2) is 23.7 Å². The topological polar surface area (TPSA) is 73.1 Å². The van der Waals surface area contributed by atoms with E-state index in [1.165, 1.54) is 0 Å². The van der Waals surface area contributed by atoms with Crippen LogP contribution in [0.3, 0.4) is 0 Å². The van der Waals surface area contributed by atoms with Gasteiger partial charge in [0.25, 0.3) is 0 Å². The molecule has 0 spiro atoms. The second-order valence-electron chi connectivity index (χ2n) is 5.24. The van der Waals surface area contributed by atoms with Gasteiger partial charge in [-0.3, -0.25) is 4.79 Å². The predicted octanol–water partition coefficient (Wildman–Crippen LogP) is 2.01. The second-order valence-corrected chi connectivity index (χ2v) is 5.24. The first-order valence-corrected chi connectivity index (χ1v) is 6.96. The average molecular weight is 274 g/mol. The first-order chi connectivity index (χ1) is 9.56. The highest BCUT2D eigenvalue weighted by molar-refractivity contribution is 5.76. The number of aryl methyl sites for hydroxylation is 1. The van der Waals surface area contributed by atoms with Crippen LogP contribution < -0.4 is 5.32 Å². The fourth-order valence-electron chi connectivity index (χ4n) is 1.99. The fourth-order valence-corrected chi connectivity index (χ4v) is 1.99. The van der Waals surface area contributed by atoms with Gasteiger partial charge in [0.2, 0.25) is 5.91 Å². The number of aliphatic hydroxyl groups is 1. The van der Waals surface area contributed by atoms with Crippen LogP contribution in [0.15, 0.2) is 24.3 Å². The van der Waals surface area contributed by atoms with E-state index in [2.05, 4.69) is 11.4 Å². The number of nitrogens with one attached hydrogen (secondary N) is 1. The van der Waals surface area contributed by atoms with Crippen LogP contribution in [0.1, 0.15) is 37.8 Å². The largest absolute Gasteiger partial charge is 0.396 e. The van der Waals surface area contributed by atoms with Gasteiger partial charge in [0.1, 0.15) is 0 Å². The molecular formula is C16H22N2O2. The van der Waals surface area contributed by atoms with Gasteiger partial charge in [-0.05, 0) is 36.5 Å². The van der Waals surface area contributed by atoms with E-state index in [1.807, 2.05) is 26.0 Å². The van der Waals surface area contributed by atoms with Gasteiger partial charge in [-0.1, -0.05) is 26.0 Å². The van der Waals surface area contributed by atoms with Gasteiger partial charge in [-0.2, -0.15) is 5.26 Å².